The van der Waals surface area contributed by atoms with Crippen LogP contribution in [0.3, 0.4) is 0 Å². The van der Waals surface area contributed by atoms with E-state index in [4.69, 9.17) is 9.84 Å². The highest BCUT2D eigenvalue weighted by atomic mass is 16.5. The highest BCUT2D eigenvalue weighted by Gasteiger charge is 2.03. The van der Waals surface area contributed by atoms with Crippen molar-refractivity contribution in [3.8, 4) is 0 Å². The molecule has 0 fully saturated rings. The summed E-state index contributed by atoms with van der Waals surface area (Å²) >= 11 is 0. The Morgan fingerprint density at radius 3 is 0.741 bits per heavy atom. The van der Waals surface area contributed by atoms with Crippen molar-refractivity contribution >= 4 is 11.9 Å². The van der Waals surface area contributed by atoms with Gasteiger partial charge in [-0.2, -0.15) is 0 Å². The van der Waals surface area contributed by atoms with Gasteiger partial charge in [0.1, 0.15) is 0 Å². The van der Waals surface area contributed by atoms with Crippen molar-refractivity contribution < 1.29 is 19.4 Å². The van der Waals surface area contributed by atoms with E-state index in [0.717, 1.165) is 25.7 Å². The lowest BCUT2D eigenvalue weighted by atomic mass is 10.0. The first-order valence-electron chi connectivity index (χ1n) is 25.0. The Kier molecular flexibility index (Phi) is 47.1. The van der Waals surface area contributed by atoms with Gasteiger partial charge >= 0.3 is 11.9 Å². The molecule has 0 atom stereocenters. The molecule has 0 aromatic rings. The van der Waals surface area contributed by atoms with Crippen LogP contribution < -0.4 is 0 Å². The quantitative estimate of drug-likeness (QED) is 0.0495. The summed E-state index contributed by atoms with van der Waals surface area (Å²) in [6.07, 6.45) is 60.5. The van der Waals surface area contributed by atoms with E-state index in [-0.39, 0.29) is 5.97 Å². The minimum atomic E-state index is -0.651. The van der Waals surface area contributed by atoms with Crippen molar-refractivity contribution in [1.29, 1.82) is 0 Å². The number of ether oxygens (including phenoxy) is 1. The van der Waals surface area contributed by atoms with Crippen LogP contribution in [0, 0.1) is 0 Å². The molecule has 0 aliphatic heterocycles. The SMILES string of the molecule is CCCCCCCCCCCCCC(=O)OCCCCCCCCCCCCCCCCCCCCCCCCCCCCCCCCCCCC(=O)O. The first kappa shape index (κ1) is 52.9. The zero-order valence-corrected chi connectivity index (χ0v) is 36.9. The van der Waals surface area contributed by atoms with Crippen LogP contribution in [0.4, 0.5) is 0 Å². The first-order chi connectivity index (χ1) is 26.7. The van der Waals surface area contributed by atoms with E-state index in [1.54, 1.807) is 0 Å². The van der Waals surface area contributed by atoms with Crippen molar-refractivity contribution in [2.45, 2.75) is 302 Å². The summed E-state index contributed by atoms with van der Waals surface area (Å²) in [6, 6.07) is 0. The van der Waals surface area contributed by atoms with Crippen molar-refractivity contribution in [1.82, 2.24) is 0 Å². The average molecular weight is 763 g/mol. The molecule has 0 aliphatic carbocycles. The minimum Gasteiger partial charge on any atom is -0.481 e. The molecule has 0 bridgehead atoms. The summed E-state index contributed by atoms with van der Waals surface area (Å²) in [5, 5.41) is 8.66. The van der Waals surface area contributed by atoms with Crippen LogP contribution in [0.2, 0.25) is 0 Å². The Labute approximate surface area is 339 Å². The molecule has 0 aliphatic rings. The summed E-state index contributed by atoms with van der Waals surface area (Å²) in [5.41, 5.74) is 0. The third kappa shape index (κ3) is 49.0. The molecule has 0 aromatic heterocycles. The Morgan fingerprint density at radius 2 is 0.500 bits per heavy atom. The zero-order valence-electron chi connectivity index (χ0n) is 36.9. The normalized spacial score (nSPS) is 11.4. The molecular formula is C50H98O4. The van der Waals surface area contributed by atoms with Crippen LogP contribution in [0.1, 0.15) is 302 Å². The highest BCUT2D eigenvalue weighted by Crippen LogP contribution is 2.18. The number of aliphatic carboxylic acids is 1. The van der Waals surface area contributed by atoms with Gasteiger partial charge in [0, 0.05) is 12.8 Å². The second-order valence-electron chi connectivity index (χ2n) is 17.3. The van der Waals surface area contributed by atoms with Crippen LogP contribution in [-0.4, -0.2) is 23.7 Å². The van der Waals surface area contributed by atoms with Crippen LogP contribution in [-0.2, 0) is 14.3 Å². The second kappa shape index (κ2) is 48.1. The molecule has 1 N–H and O–H groups in total. The summed E-state index contributed by atoms with van der Waals surface area (Å²) < 4.78 is 5.46. The van der Waals surface area contributed by atoms with Crippen LogP contribution >= 0.6 is 0 Å². The van der Waals surface area contributed by atoms with Gasteiger partial charge in [-0.15, -0.1) is 0 Å². The molecule has 0 saturated heterocycles. The van der Waals surface area contributed by atoms with E-state index in [1.807, 2.05) is 0 Å². The van der Waals surface area contributed by atoms with Crippen LogP contribution in [0.25, 0.3) is 0 Å². The summed E-state index contributed by atoms with van der Waals surface area (Å²) in [4.78, 5) is 22.5. The lowest BCUT2D eigenvalue weighted by Crippen LogP contribution is -2.05. The van der Waals surface area contributed by atoms with Gasteiger partial charge in [0.15, 0.2) is 0 Å². The van der Waals surface area contributed by atoms with Gasteiger partial charge in [-0.05, 0) is 19.3 Å². The van der Waals surface area contributed by atoms with Crippen LogP contribution in [0.15, 0.2) is 0 Å². The Hall–Kier alpha value is -1.06. The van der Waals surface area contributed by atoms with Gasteiger partial charge in [-0.1, -0.05) is 270 Å². The largest absolute Gasteiger partial charge is 0.481 e. The number of hydrogen-bond donors (Lipinski definition) is 1. The molecular weight excluding hydrogens is 665 g/mol. The smallest absolute Gasteiger partial charge is 0.305 e. The van der Waals surface area contributed by atoms with Crippen molar-refractivity contribution in [3.05, 3.63) is 0 Å². The van der Waals surface area contributed by atoms with Crippen molar-refractivity contribution in [2.24, 2.45) is 0 Å². The molecule has 0 unspecified atom stereocenters. The molecule has 0 rings (SSSR count). The number of unbranched alkanes of at least 4 members (excludes halogenated alkanes) is 42. The average Bonchev–Trinajstić information content (AvgIpc) is 3.16. The first-order valence-corrected chi connectivity index (χ1v) is 25.0. The lowest BCUT2D eigenvalue weighted by molar-refractivity contribution is -0.144. The third-order valence-corrected chi connectivity index (χ3v) is 11.8. The van der Waals surface area contributed by atoms with E-state index >= 15 is 0 Å². The predicted molar refractivity (Wildman–Crippen MR) is 237 cm³/mol. The molecule has 0 heterocycles. The van der Waals surface area contributed by atoms with E-state index < -0.39 is 5.97 Å². The van der Waals surface area contributed by atoms with Gasteiger partial charge in [0.25, 0.3) is 0 Å². The van der Waals surface area contributed by atoms with Crippen molar-refractivity contribution in [2.75, 3.05) is 6.61 Å². The maximum absolute atomic E-state index is 12.0. The van der Waals surface area contributed by atoms with Gasteiger partial charge < -0.3 is 9.84 Å². The van der Waals surface area contributed by atoms with E-state index in [0.29, 0.717) is 19.4 Å². The fourth-order valence-electron chi connectivity index (χ4n) is 8.05. The maximum Gasteiger partial charge on any atom is 0.305 e. The van der Waals surface area contributed by atoms with Gasteiger partial charge in [-0.25, -0.2) is 0 Å². The monoisotopic (exact) mass is 763 g/mol. The number of carboxylic acid groups (broad SMARTS) is 1. The zero-order chi connectivity index (χ0) is 39.1. The number of carbonyl (C=O) groups is 2. The number of hydrogen-bond acceptors (Lipinski definition) is 3. The van der Waals surface area contributed by atoms with E-state index in [2.05, 4.69) is 6.92 Å². The number of carboxylic acids is 1. The molecule has 4 heteroatoms. The molecule has 322 valence electrons. The molecule has 54 heavy (non-hydrogen) atoms. The summed E-state index contributed by atoms with van der Waals surface area (Å²) in [5.74, 6) is -0.628. The third-order valence-electron chi connectivity index (χ3n) is 11.8. The fourth-order valence-corrected chi connectivity index (χ4v) is 8.05. The standard InChI is InChI=1S/C50H98O4/c1-2-3-4-5-6-7-31-35-38-41-44-47-50(53)54-48-45-42-39-36-33-30-28-26-24-22-20-18-16-14-12-10-8-9-11-13-15-17-19-21-23-25-27-29-32-34-37-40-43-46-49(51)52/h2-48H2,1H3,(H,51,52). The Morgan fingerprint density at radius 1 is 0.296 bits per heavy atom. The lowest BCUT2D eigenvalue weighted by Gasteiger charge is -2.06. The van der Waals surface area contributed by atoms with E-state index in [1.165, 1.54) is 257 Å². The molecule has 0 spiro atoms. The topological polar surface area (TPSA) is 63.6 Å². The summed E-state index contributed by atoms with van der Waals surface area (Å²) in [7, 11) is 0. The number of esters is 1. The Bertz CT molecular complexity index is 721. The van der Waals surface area contributed by atoms with Gasteiger partial charge in [0.2, 0.25) is 0 Å². The summed E-state index contributed by atoms with van der Waals surface area (Å²) in [6.45, 7) is 2.91. The van der Waals surface area contributed by atoms with Crippen LogP contribution in [0.5, 0.6) is 0 Å². The van der Waals surface area contributed by atoms with Gasteiger partial charge in [-0.3, -0.25) is 9.59 Å². The second-order valence-corrected chi connectivity index (χ2v) is 17.3. The predicted octanol–water partition coefficient (Wildman–Crippen LogP) is 17.6. The highest BCUT2D eigenvalue weighted by molar-refractivity contribution is 5.69. The fraction of sp³-hybridized carbons (Fsp3) is 0.960. The van der Waals surface area contributed by atoms with E-state index in [9.17, 15) is 9.59 Å². The molecule has 0 radical (unpaired) electrons. The molecule has 0 amide bonds. The molecule has 0 aromatic carbocycles. The number of carbonyl (C=O) groups excluding carboxylic acids is 1. The van der Waals surface area contributed by atoms with Crippen molar-refractivity contribution in [3.63, 3.8) is 0 Å². The minimum absolute atomic E-state index is 0.0235. The molecule has 0 saturated carbocycles. The molecule has 4 nitrogen and oxygen atoms in total. The Balaban J connectivity index is 3.12. The number of rotatable bonds is 48. The van der Waals surface area contributed by atoms with Gasteiger partial charge in [0.05, 0.1) is 6.61 Å². The maximum atomic E-state index is 12.0.